The van der Waals surface area contributed by atoms with Crippen molar-refractivity contribution in [3.8, 4) is 17.2 Å². The highest BCUT2D eigenvalue weighted by atomic mass is 16.5. The van der Waals surface area contributed by atoms with Crippen LogP contribution in [0.4, 0.5) is 0 Å². The SMILES string of the molecule is CC(C)[C@@H]1NC(=O)c2cc(ccc2O)Oc2ccc(cc2)C[C@H](C(=O)N2CCCC2)NC(=O)[C@H](C)NC1=O. The highest BCUT2D eigenvalue weighted by Gasteiger charge is 2.32. The predicted octanol–water partition coefficient (Wildman–Crippen LogP) is 2.11. The Balaban J connectivity index is 1.69. The molecule has 0 spiro atoms. The summed E-state index contributed by atoms with van der Waals surface area (Å²) in [7, 11) is 0. The molecule has 3 atom stereocenters. The van der Waals surface area contributed by atoms with Crippen molar-refractivity contribution in [1.29, 1.82) is 0 Å². The third kappa shape index (κ3) is 6.24. The van der Waals surface area contributed by atoms with Crippen LogP contribution in [-0.4, -0.2) is 64.9 Å². The number of phenols is 1. The zero-order valence-electron chi connectivity index (χ0n) is 21.8. The average Bonchev–Trinajstić information content (AvgIpc) is 3.42. The Bertz CT molecular complexity index is 1210. The summed E-state index contributed by atoms with van der Waals surface area (Å²) in [5, 5.41) is 18.4. The van der Waals surface area contributed by atoms with Crippen molar-refractivity contribution in [1.82, 2.24) is 20.9 Å². The topological polar surface area (TPSA) is 137 Å². The fraction of sp³-hybridized carbons (Fsp3) is 0.429. The van der Waals surface area contributed by atoms with Crippen LogP contribution in [0, 0.1) is 5.92 Å². The lowest BCUT2D eigenvalue weighted by molar-refractivity contribution is -0.136. The van der Waals surface area contributed by atoms with Crippen molar-refractivity contribution in [3.63, 3.8) is 0 Å². The van der Waals surface area contributed by atoms with Crippen molar-refractivity contribution in [2.75, 3.05) is 13.1 Å². The molecule has 0 radical (unpaired) electrons. The summed E-state index contributed by atoms with van der Waals surface area (Å²) >= 11 is 0. The standard InChI is InChI=1S/C28H34N4O6/c1-16(2)24-27(36)29-17(3)25(34)30-22(28(37)32-12-4-5-13-32)14-18-6-8-19(9-7-18)38-20-10-11-23(33)21(15-20)26(35)31-24/h6-11,15-17,22,24,33H,4-5,12-14H2,1-3H3,(H,29,36)(H,30,34)(H,31,35)/t17-,22+,24-/m0/s1. The van der Waals surface area contributed by atoms with E-state index in [1.807, 2.05) is 0 Å². The van der Waals surface area contributed by atoms with Gasteiger partial charge in [0.15, 0.2) is 0 Å². The average molecular weight is 523 g/mol. The number of hydrogen-bond donors (Lipinski definition) is 4. The summed E-state index contributed by atoms with van der Waals surface area (Å²) in [5.74, 6) is -1.63. The lowest BCUT2D eigenvalue weighted by atomic mass is 10.0. The molecule has 38 heavy (non-hydrogen) atoms. The van der Waals surface area contributed by atoms with E-state index in [2.05, 4.69) is 16.0 Å². The van der Waals surface area contributed by atoms with Crippen LogP contribution in [0.1, 0.15) is 49.5 Å². The van der Waals surface area contributed by atoms with Gasteiger partial charge in [0.1, 0.15) is 35.4 Å². The molecule has 0 unspecified atom stereocenters. The highest BCUT2D eigenvalue weighted by Crippen LogP contribution is 2.28. The van der Waals surface area contributed by atoms with Gasteiger partial charge in [-0.1, -0.05) is 26.0 Å². The van der Waals surface area contributed by atoms with Crippen molar-refractivity contribution < 1.29 is 29.0 Å². The number of nitrogens with one attached hydrogen (secondary N) is 3. The summed E-state index contributed by atoms with van der Waals surface area (Å²) in [5.41, 5.74) is 0.770. The van der Waals surface area contributed by atoms with Crippen LogP contribution in [0.25, 0.3) is 0 Å². The first-order valence-corrected chi connectivity index (χ1v) is 12.9. The van der Waals surface area contributed by atoms with E-state index in [9.17, 15) is 24.3 Å². The molecule has 3 heterocycles. The fourth-order valence-corrected chi connectivity index (χ4v) is 4.60. The molecule has 1 saturated heterocycles. The molecular weight excluding hydrogens is 488 g/mol. The van der Waals surface area contributed by atoms with Crippen LogP contribution in [-0.2, 0) is 20.8 Å². The first-order chi connectivity index (χ1) is 18.1. The van der Waals surface area contributed by atoms with Gasteiger partial charge in [0.05, 0.1) is 5.56 Å². The molecule has 5 rings (SSSR count). The summed E-state index contributed by atoms with van der Waals surface area (Å²) in [4.78, 5) is 54.3. The maximum absolute atomic E-state index is 13.3. The second-order valence-corrected chi connectivity index (χ2v) is 10.1. The summed E-state index contributed by atoms with van der Waals surface area (Å²) < 4.78 is 5.89. The van der Waals surface area contributed by atoms with Crippen molar-refractivity contribution in [2.24, 2.45) is 5.92 Å². The quantitative estimate of drug-likeness (QED) is 0.446. The molecule has 3 aliphatic rings. The maximum Gasteiger partial charge on any atom is 0.255 e. The molecule has 4 N–H and O–H groups in total. The zero-order chi connectivity index (χ0) is 27.4. The third-order valence-electron chi connectivity index (χ3n) is 6.83. The minimum absolute atomic E-state index is 0.0484. The van der Waals surface area contributed by atoms with Gasteiger partial charge in [0.2, 0.25) is 17.7 Å². The van der Waals surface area contributed by atoms with Crippen molar-refractivity contribution in [3.05, 3.63) is 53.6 Å². The Morgan fingerprint density at radius 2 is 1.61 bits per heavy atom. The predicted molar refractivity (Wildman–Crippen MR) is 140 cm³/mol. The van der Waals surface area contributed by atoms with E-state index in [0.717, 1.165) is 18.4 Å². The number of nitrogens with zero attached hydrogens (tertiary/aromatic N) is 1. The van der Waals surface area contributed by atoms with Crippen LogP contribution in [0.5, 0.6) is 17.2 Å². The normalized spacial score (nSPS) is 22.7. The molecule has 3 aliphatic heterocycles. The Morgan fingerprint density at radius 1 is 0.947 bits per heavy atom. The molecule has 2 aromatic rings. The molecule has 10 nitrogen and oxygen atoms in total. The number of fused-ring (bicyclic) bond motifs is 11. The minimum Gasteiger partial charge on any atom is -0.507 e. The van der Waals surface area contributed by atoms with E-state index < -0.39 is 35.8 Å². The van der Waals surface area contributed by atoms with Crippen LogP contribution in [0.15, 0.2) is 42.5 Å². The van der Waals surface area contributed by atoms with Gasteiger partial charge in [-0.05, 0) is 61.6 Å². The van der Waals surface area contributed by atoms with E-state index in [4.69, 9.17) is 4.74 Å². The number of carbonyl (C=O) groups excluding carboxylic acids is 4. The Morgan fingerprint density at radius 3 is 2.26 bits per heavy atom. The van der Waals surface area contributed by atoms with Crippen LogP contribution < -0.4 is 20.7 Å². The molecule has 1 fully saturated rings. The largest absolute Gasteiger partial charge is 0.507 e. The molecule has 4 bridgehead atoms. The number of likely N-dealkylation sites (tertiary alicyclic amines) is 1. The van der Waals surface area contributed by atoms with Gasteiger partial charge in [0.25, 0.3) is 5.91 Å². The Kier molecular flexibility index (Phi) is 8.19. The number of ether oxygens (including phenoxy) is 1. The summed E-state index contributed by atoms with van der Waals surface area (Å²) in [6.07, 6.45) is 2.12. The molecule has 202 valence electrons. The zero-order valence-corrected chi connectivity index (χ0v) is 21.8. The minimum atomic E-state index is -0.977. The first kappa shape index (κ1) is 27.0. The molecule has 4 amide bonds. The van der Waals surface area contributed by atoms with Gasteiger partial charge in [-0.25, -0.2) is 0 Å². The van der Waals surface area contributed by atoms with Crippen LogP contribution in [0.2, 0.25) is 0 Å². The molecule has 0 aromatic heterocycles. The number of hydrogen-bond acceptors (Lipinski definition) is 6. The summed E-state index contributed by atoms with van der Waals surface area (Å²) in [6, 6.07) is 8.64. The fourth-order valence-electron chi connectivity index (χ4n) is 4.60. The molecule has 0 aliphatic carbocycles. The van der Waals surface area contributed by atoms with E-state index >= 15 is 0 Å². The van der Waals surface area contributed by atoms with Gasteiger partial charge >= 0.3 is 0 Å². The van der Waals surface area contributed by atoms with E-state index in [0.29, 0.717) is 24.6 Å². The highest BCUT2D eigenvalue weighted by molar-refractivity contribution is 6.00. The molecular formula is C28H34N4O6. The van der Waals surface area contributed by atoms with E-state index in [1.165, 1.54) is 25.1 Å². The van der Waals surface area contributed by atoms with Gasteiger partial charge < -0.3 is 30.7 Å². The van der Waals surface area contributed by atoms with Gasteiger partial charge in [0, 0.05) is 19.5 Å². The number of aromatic hydroxyl groups is 1. The van der Waals surface area contributed by atoms with E-state index in [1.54, 1.807) is 43.0 Å². The summed E-state index contributed by atoms with van der Waals surface area (Å²) in [6.45, 7) is 6.34. The number of phenolic OH excluding ortho intramolecular Hbond substituents is 1. The van der Waals surface area contributed by atoms with Gasteiger partial charge in [-0.15, -0.1) is 0 Å². The number of carbonyl (C=O) groups is 4. The van der Waals surface area contributed by atoms with Gasteiger partial charge in [-0.3, -0.25) is 19.2 Å². The molecule has 10 heteroatoms. The first-order valence-electron chi connectivity index (χ1n) is 12.9. The Hall–Kier alpha value is -4.08. The monoisotopic (exact) mass is 522 g/mol. The van der Waals surface area contributed by atoms with E-state index in [-0.39, 0.29) is 29.6 Å². The van der Waals surface area contributed by atoms with Crippen molar-refractivity contribution >= 4 is 23.6 Å². The molecule has 0 saturated carbocycles. The molecule has 2 aromatic carbocycles. The number of rotatable bonds is 2. The maximum atomic E-state index is 13.3. The second kappa shape index (κ2) is 11.5. The van der Waals surface area contributed by atoms with Gasteiger partial charge in [-0.2, -0.15) is 0 Å². The lowest BCUT2D eigenvalue weighted by Crippen LogP contribution is -2.57. The Labute approximate surface area is 221 Å². The van der Waals surface area contributed by atoms with Crippen LogP contribution in [0.3, 0.4) is 0 Å². The lowest BCUT2D eigenvalue weighted by Gasteiger charge is -2.27. The van der Waals surface area contributed by atoms with Crippen molar-refractivity contribution in [2.45, 2.75) is 58.2 Å². The number of benzene rings is 2. The second-order valence-electron chi connectivity index (χ2n) is 10.1. The third-order valence-corrected chi connectivity index (χ3v) is 6.83. The smallest absolute Gasteiger partial charge is 0.255 e. The number of amides is 4. The van der Waals surface area contributed by atoms with Crippen LogP contribution >= 0.6 is 0 Å².